The van der Waals surface area contributed by atoms with Crippen LogP contribution in [0, 0.1) is 5.41 Å². The fourth-order valence-electron chi connectivity index (χ4n) is 3.22. The first-order valence-electron chi connectivity index (χ1n) is 7.47. The minimum Gasteiger partial charge on any atom is -0.281 e. The van der Waals surface area contributed by atoms with E-state index in [1.807, 2.05) is 0 Å². The second-order valence-electron chi connectivity index (χ2n) is 6.70. The van der Waals surface area contributed by atoms with Gasteiger partial charge in [0, 0.05) is 29.7 Å². The topological polar surface area (TPSA) is 71.5 Å². The summed E-state index contributed by atoms with van der Waals surface area (Å²) in [5.74, 6) is -0.927. The van der Waals surface area contributed by atoms with Gasteiger partial charge in [-0.1, -0.05) is 23.7 Å². The Balaban J connectivity index is 1.76. The third-order valence-electron chi connectivity index (χ3n) is 4.54. The Morgan fingerprint density at radius 3 is 2.35 bits per heavy atom. The minimum absolute atomic E-state index is 0.0304. The van der Waals surface area contributed by atoms with E-state index in [0.29, 0.717) is 5.02 Å². The Kier molecular flexibility index (Phi) is 4.01. The van der Waals surface area contributed by atoms with Crippen LogP contribution in [0.15, 0.2) is 24.3 Å². The average molecular weight is 356 g/mol. The maximum atomic E-state index is 12.6. The summed E-state index contributed by atoms with van der Waals surface area (Å²) < 4.78 is 23.1. The number of likely N-dealkylation sites (tertiary alicyclic amines) is 1. The third-order valence-corrected chi connectivity index (χ3v) is 5.92. The van der Waals surface area contributed by atoms with Crippen LogP contribution in [0.2, 0.25) is 5.02 Å². The number of sulfone groups is 1. The van der Waals surface area contributed by atoms with Gasteiger partial charge in [0.15, 0.2) is 0 Å². The summed E-state index contributed by atoms with van der Waals surface area (Å²) in [5, 5.41) is 0.576. The summed E-state index contributed by atoms with van der Waals surface area (Å²) in [6, 6.07) is 6.91. The minimum atomic E-state index is -3.13. The Labute approximate surface area is 140 Å². The van der Waals surface area contributed by atoms with Crippen LogP contribution in [-0.2, 0) is 19.4 Å². The maximum Gasteiger partial charge on any atom is 0.237 e. The number of carbonyl (C=O) groups excluding carboxylic acids is 2. The number of amides is 2. The smallest absolute Gasteiger partial charge is 0.237 e. The fraction of sp³-hybridized carbons (Fsp3) is 0.500. The van der Waals surface area contributed by atoms with Gasteiger partial charge in [-0.15, -0.1) is 0 Å². The van der Waals surface area contributed by atoms with Crippen molar-refractivity contribution in [1.29, 1.82) is 0 Å². The fourth-order valence-corrected chi connectivity index (χ4v) is 4.84. The molecule has 1 atom stereocenters. The molecule has 1 saturated heterocycles. The summed E-state index contributed by atoms with van der Waals surface area (Å²) in [7, 11) is -3.13. The molecule has 0 radical (unpaired) electrons. The zero-order chi connectivity index (χ0) is 16.8. The third kappa shape index (κ3) is 3.58. The molecular weight excluding hydrogens is 338 g/mol. The number of hydrogen-bond acceptors (Lipinski definition) is 4. The van der Waals surface area contributed by atoms with Gasteiger partial charge in [0.2, 0.25) is 11.8 Å². The lowest BCUT2D eigenvalue weighted by Crippen LogP contribution is -2.38. The van der Waals surface area contributed by atoms with Crippen LogP contribution in [0.1, 0.15) is 30.7 Å². The molecule has 2 fully saturated rings. The lowest BCUT2D eigenvalue weighted by molar-refractivity contribution is -0.139. The number of rotatable bonds is 5. The van der Waals surface area contributed by atoms with Crippen molar-refractivity contribution in [2.24, 2.45) is 5.41 Å². The van der Waals surface area contributed by atoms with E-state index in [4.69, 9.17) is 11.6 Å². The highest BCUT2D eigenvalue weighted by atomic mass is 35.5. The summed E-state index contributed by atoms with van der Waals surface area (Å²) in [5.41, 5.74) is 0.330. The summed E-state index contributed by atoms with van der Waals surface area (Å²) >= 11 is 5.85. The van der Waals surface area contributed by atoms with Crippen LogP contribution in [-0.4, -0.2) is 43.7 Å². The summed E-state index contributed by atoms with van der Waals surface area (Å²) in [6.07, 6.45) is 2.80. The standard InChI is InChI=1S/C16H18ClNO4S/c1-23(21,22)10-16(6-7-16)9-18-14(19)8-13(15(18)20)11-2-4-12(17)5-3-11/h2-5,13H,6-10H2,1H3. The molecule has 7 heteroatoms. The van der Waals surface area contributed by atoms with E-state index in [9.17, 15) is 18.0 Å². The molecule has 0 spiro atoms. The molecule has 1 aromatic rings. The first kappa shape index (κ1) is 16.5. The van der Waals surface area contributed by atoms with Crippen LogP contribution in [0.25, 0.3) is 0 Å². The molecule has 23 heavy (non-hydrogen) atoms. The van der Waals surface area contributed by atoms with Crippen molar-refractivity contribution >= 4 is 33.3 Å². The lowest BCUT2D eigenvalue weighted by atomic mass is 9.98. The van der Waals surface area contributed by atoms with Crippen molar-refractivity contribution < 1.29 is 18.0 Å². The van der Waals surface area contributed by atoms with Crippen LogP contribution in [0.3, 0.4) is 0 Å². The van der Waals surface area contributed by atoms with E-state index in [-0.39, 0.29) is 30.5 Å². The van der Waals surface area contributed by atoms with Gasteiger partial charge in [-0.3, -0.25) is 14.5 Å². The normalized spacial score (nSPS) is 23.4. The number of nitrogens with zero attached hydrogens (tertiary/aromatic N) is 1. The number of imide groups is 1. The molecule has 124 valence electrons. The monoisotopic (exact) mass is 355 g/mol. The molecular formula is C16H18ClNO4S. The van der Waals surface area contributed by atoms with Crippen molar-refractivity contribution in [2.45, 2.75) is 25.2 Å². The SMILES string of the molecule is CS(=O)(=O)CC1(CN2C(=O)CC(c3ccc(Cl)cc3)C2=O)CC1. The van der Waals surface area contributed by atoms with E-state index >= 15 is 0 Å². The van der Waals surface area contributed by atoms with Crippen molar-refractivity contribution in [1.82, 2.24) is 4.90 Å². The van der Waals surface area contributed by atoms with Crippen molar-refractivity contribution in [3.8, 4) is 0 Å². The molecule has 0 N–H and O–H groups in total. The molecule has 0 bridgehead atoms. The van der Waals surface area contributed by atoms with Crippen LogP contribution in [0.5, 0.6) is 0 Å². The molecule has 2 aliphatic rings. The number of hydrogen-bond donors (Lipinski definition) is 0. The van der Waals surface area contributed by atoms with Gasteiger partial charge in [0.25, 0.3) is 0 Å². The van der Waals surface area contributed by atoms with Gasteiger partial charge in [-0.05, 0) is 30.5 Å². The number of halogens is 1. The molecule has 1 heterocycles. The Bertz CT molecular complexity index is 753. The maximum absolute atomic E-state index is 12.6. The largest absolute Gasteiger partial charge is 0.281 e. The molecule has 2 amide bonds. The Morgan fingerprint density at radius 2 is 1.83 bits per heavy atom. The summed E-state index contributed by atoms with van der Waals surface area (Å²) in [6.45, 7) is 0.210. The summed E-state index contributed by atoms with van der Waals surface area (Å²) in [4.78, 5) is 26.1. The number of benzene rings is 1. The zero-order valence-corrected chi connectivity index (χ0v) is 14.4. The van der Waals surface area contributed by atoms with Crippen molar-refractivity contribution in [3.05, 3.63) is 34.9 Å². The van der Waals surface area contributed by atoms with E-state index < -0.39 is 21.2 Å². The quantitative estimate of drug-likeness (QED) is 0.757. The number of carbonyl (C=O) groups is 2. The average Bonchev–Trinajstić information content (AvgIpc) is 3.13. The van der Waals surface area contributed by atoms with E-state index in [1.165, 1.54) is 11.2 Å². The highest BCUT2D eigenvalue weighted by molar-refractivity contribution is 7.90. The predicted molar refractivity (Wildman–Crippen MR) is 86.9 cm³/mol. The molecule has 1 aromatic carbocycles. The molecule has 1 unspecified atom stereocenters. The molecule has 0 aromatic heterocycles. The second-order valence-corrected chi connectivity index (χ2v) is 9.27. The van der Waals surface area contributed by atoms with Gasteiger partial charge in [-0.2, -0.15) is 0 Å². The molecule has 1 saturated carbocycles. The highest BCUT2D eigenvalue weighted by Crippen LogP contribution is 2.48. The first-order chi connectivity index (χ1) is 10.7. The first-order valence-corrected chi connectivity index (χ1v) is 9.90. The van der Waals surface area contributed by atoms with Crippen LogP contribution in [0.4, 0.5) is 0 Å². The van der Waals surface area contributed by atoms with E-state index in [1.54, 1.807) is 24.3 Å². The van der Waals surface area contributed by atoms with Crippen LogP contribution < -0.4 is 0 Å². The lowest BCUT2D eigenvalue weighted by Gasteiger charge is -2.21. The van der Waals surface area contributed by atoms with Gasteiger partial charge >= 0.3 is 0 Å². The molecule has 1 aliphatic carbocycles. The van der Waals surface area contributed by atoms with E-state index in [0.717, 1.165) is 18.4 Å². The van der Waals surface area contributed by atoms with Gasteiger partial charge in [-0.25, -0.2) is 8.42 Å². The van der Waals surface area contributed by atoms with E-state index in [2.05, 4.69) is 0 Å². The molecule has 1 aliphatic heterocycles. The molecule has 3 rings (SSSR count). The Morgan fingerprint density at radius 1 is 1.22 bits per heavy atom. The Hall–Kier alpha value is -1.40. The van der Waals surface area contributed by atoms with Crippen molar-refractivity contribution in [2.75, 3.05) is 18.6 Å². The zero-order valence-electron chi connectivity index (χ0n) is 12.8. The van der Waals surface area contributed by atoms with Gasteiger partial charge in [0.05, 0.1) is 11.7 Å². The predicted octanol–water partition coefficient (Wildman–Crippen LogP) is 2.01. The highest BCUT2D eigenvalue weighted by Gasteiger charge is 2.50. The second kappa shape index (κ2) is 5.60. The van der Waals surface area contributed by atoms with Crippen molar-refractivity contribution in [3.63, 3.8) is 0 Å². The van der Waals surface area contributed by atoms with Gasteiger partial charge < -0.3 is 0 Å². The van der Waals surface area contributed by atoms with Gasteiger partial charge in [0.1, 0.15) is 9.84 Å². The molecule has 5 nitrogen and oxygen atoms in total. The van der Waals surface area contributed by atoms with Crippen LogP contribution >= 0.6 is 11.6 Å².